The average molecular weight is 480 g/mol. The van der Waals surface area contributed by atoms with E-state index >= 15 is 4.39 Å². The standard InChI is InChI=1S/C27H34FN5O2/c1-8-32-15-19(5)35-27-23(14-29-31(27)6)22-13-21(18(4)12-24(22)28)17(3)10-11-20-25(16-32)33(9-2)30-26(20)34-7/h10-14,19H,3,8-9,15-16H2,1-2,4-7H3/b11-10+/t19-/m0/s1. The molecule has 0 radical (unpaired) electrons. The monoisotopic (exact) mass is 479 g/mol. The van der Waals surface area contributed by atoms with Crippen LogP contribution in [0.4, 0.5) is 4.39 Å². The van der Waals surface area contributed by atoms with Gasteiger partial charge in [-0.25, -0.2) is 9.07 Å². The quantitative estimate of drug-likeness (QED) is 0.524. The largest absolute Gasteiger partial charge is 0.480 e. The van der Waals surface area contributed by atoms with Crippen LogP contribution >= 0.6 is 0 Å². The van der Waals surface area contributed by atoms with Crippen molar-refractivity contribution < 1.29 is 13.9 Å². The van der Waals surface area contributed by atoms with Gasteiger partial charge in [0.15, 0.2) is 0 Å². The van der Waals surface area contributed by atoms with Crippen LogP contribution in [0.2, 0.25) is 0 Å². The molecule has 7 nitrogen and oxygen atoms in total. The van der Waals surface area contributed by atoms with Crippen LogP contribution in [0.15, 0.2) is 31.0 Å². The number of aromatic nitrogens is 4. The highest BCUT2D eigenvalue weighted by Gasteiger charge is 2.23. The van der Waals surface area contributed by atoms with Crippen molar-refractivity contribution in [2.24, 2.45) is 7.05 Å². The van der Waals surface area contributed by atoms with Crippen molar-refractivity contribution in [2.45, 2.75) is 46.9 Å². The summed E-state index contributed by atoms with van der Waals surface area (Å²) in [6, 6.07) is 3.37. The number of methoxy groups -OCH3 is 1. The Morgan fingerprint density at radius 1 is 1.17 bits per heavy atom. The summed E-state index contributed by atoms with van der Waals surface area (Å²) in [5, 5.41) is 9.03. The van der Waals surface area contributed by atoms with E-state index in [0.29, 0.717) is 36.0 Å². The number of benzene rings is 1. The predicted octanol–water partition coefficient (Wildman–Crippen LogP) is 5.09. The van der Waals surface area contributed by atoms with Gasteiger partial charge >= 0.3 is 0 Å². The number of hydrogen-bond donors (Lipinski definition) is 0. The molecular formula is C27H34FN5O2. The van der Waals surface area contributed by atoms with E-state index in [4.69, 9.17) is 9.47 Å². The number of aryl methyl sites for hydroxylation is 3. The molecule has 0 saturated heterocycles. The number of rotatable bonds is 3. The van der Waals surface area contributed by atoms with E-state index in [2.05, 4.69) is 35.5 Å². The summed E-state index contributed by atoms with van der Waals surface area (Å²) in [4.78, 5) is 2.31. The van der Waals surface area contributed by atoms with E-state index in [0.717, 1.165) is 41.0 Å². The zero-order chi connectivity index (χ0) is 25.3. The van der Waals surface area contributed by atoms with Crippen LogP contribution in [-0.4, -0.2) is 50.8 Å². The summed E-state index contributed by atoms with van der Waals surface area (Å²) in [6.07, 6.45) is 5.45. The Hall–Kier alpha value is -3.39. The third-order valence-electron chi connectivity index (χ3n) is 6.49. The van der Waals surface area contributed by atoms with Gasteiger partial charge in [0.2, 0.25) is 11.8 Å². The van der Waals surface area contributed by atoms with Gasteiger partial charge < -0.3 is 9.47 Å². The molecule has 1 atom stereocenters. The summed E-state index contributed by atoms with van der Waals surface area (Å²) in [5.41, 5.74) is 5.48. The van der Waals surface area contributed by atoms with Crippen molar-refractivity contribution in [3.63, 3.8) is 0 Å². The fraction of sp³-hybridized carbons (Fsp3) is 0.407. The fourth-order valence-electron chi connectivity index (χ4n) is 4.59. The lowest BCUT2D eigenvalue weighted by Crippen LogP contribution is -2.34. The molecule has 1 aliphatic rings. The van der Waals surface area contributed by atoms with Crippen LogP contribution in [0.1, 0.15) is 43.2 Å². The Morgan fingerprint density at radius 2 is 1.94 bits per heavy atom. The molecule has 1 aromatic carbocycles. The Labute approximate surface area is 206 Å². The first-order valence-corrected chi connectivity index (χ1v) is 12.0. The third-order valence-corrected chi connectivity index (χ3v) is 6.49. The van der Waals surface area contributed by atoms with Crippen molar-refractivity contribution in [1.82, 2.24) is 24.5 Å². The molecule has 0 amide bonds. The van der Waals surface area contributed by atoms with Gasteiger partial charge in [0.05, 0.1) is 30.1 Å². The molecule has 35 heavy (non-hydrogen) atoms. The maximum absolute atomic E-state index is 15.2. The summed E-state index contributed by atoms with van der Waals surface area (Å²) in [5.74, 6) is 0.797. The minimum Gasteiger partial charge on any atom is -0.480 e. The van der Waals surface area contributed by atoms with Crippen LogP contribution in [0.25, 0.3) is 22.8 Å². The molecule has 1 aliphatic heterocycles. The molecule has 2 bridgehead atoms. The highest BCUT2D eigenvalue weighted by atomic mass is 19.1. The van der Waals surface area contributed by atoms with Crippen LogP contribution in [-0.2, 0) is 20.1 Å². The Balaban J connectivity index is 1.91. The summed E-state index contributed by atoms with van der Waals surface area (Å²) >= 11 is 0. The van der Waals surface area contributed by atoms with Crippen molar-refractivity contribution in [2.75, 3.05) is 20.2 Å². The molecule has 3 aromatic rings. The molecule has 8 heteroatoms. The van der Waals surface area contributed by atoms with Crippen molar-refractivity contribution in [3.05, 3.63) is 59.2 Å². The molecule has 2 aromatic heterocycles. The molecule has 0 fully saturated rings. The van der Waals surface area contributed by atoms with E-state index in [9.17, 15) is 0 Å². The lowest BCUT2D eigenvalue weighted by Gasteiger charge is -2.25. The summed E-state index contributed by atoms with van der Waals surface area (Å²) < 4.78 is 30.8. The van der Waals surface area contributed by atoms with E-state index < -0.39 is 0 Å². The van der Waals surface area contributed by atoms with Crippen LogP contribution in [0.3, 0.4) is 0 Å². The third kappa shape index (κ3) is 4.75. The highest BCUT2D eigenvalue weighted by molar-refractivity contribution is 5.83. The molecule has 0 N–H and O–H groups in total. The SMILES string of the molecule is C=C1/C=C/c2c(OC)nn(CC)c2CN(CC)C[C@H](C)Oc2c(cnn2C)-c2cc1c(C)cc2F. The molecule has 0 saturated carbocycles. The maximum atomic E-state index is 15.2. The zero-order valence-corrected chi connectivity index (χ0v) is 21.4. The number of likely N-dealkylation sites (N-methyl/N-ethyl adjacent to an activating group) is 1. The molecular weight excluding hydrogens is 445 g/mol. The van der Waals surface area contributed by atoms with Crippen LogP contribution in [0.5, 0.6) is 11.8 Å². The topological polar surface area (TPSA) is 57.3 Å². The van der Waals surface area contributed by atoms with Gasteiger partial charge in [0.25, 0.3) is 0 Å². The second kappa shape index (κ2) is 10.1. The number of nitrogens with zero attached hydrogens (tertiary/aromatic N) is 5. The van der Waals surface area contributed by atoms with Crippen molar-refractivity contribution >= 4 is 11.6 Å². The lowest BCUT2D eigenvalue weighted by molar-refractivity contribution is 0.134. The Morgan fingerprint density at radius 3 is 2.63 bits per heavy atom. The van der Waals surface area contributed by atoms with E-state index in [1.54, 1.807) is 24.1 Å². The smallest absolute Gasteiger partial charge is 0.240 e. The number of allylic oxidation sites excluding steroid dienone is 2. The first kappa shape index (κ1) is 24.7. The Kier molecular flexibility index (Phi) is 7.12. The fourth-order valence-corrected chi connectivity index (χ4v) is 4.59. The molecule has 3 heterocycles. The van der Waals surface area contributed by atoms with Gasteiger partial charge in [-0.2, -0.15) is 5.10 Å². The van der Waals surface area contributed by atoms with E-state index in [1.807, 2.05) is 43.8 Å². The van der Waals surface area contributed by atoms with Gasteiger partial charge in [0, 0.05) is 32.2 Å². The Bertz CT molecular complexity index is 1270. The van der Waals surface area contributed by atoms with Crippen LogP contribution < -0.4 is 9.47 Å². The molecule has 0 spiro atoms. The first-order valence-electron chi connectivity index (χ1n) is 12.0. The minimum absolute atomic E-state index is 0.156. The molecule has 0 aliphatic carbocycles. The molecule has 186 valence electrons. The number of fused-ring (bicyclic) bond motifs is 5. The lowest BCUT2D eigenvalue weighted by atomic mass is 9.95. The molecule has 0 unspecified atom stereocenters. The zero-order valence-electron chi connectivity index (χ0n) is 21.4. The maximum Gasteiger partial charge on any atom is 0.240 e. The van der Waals surface area contributed by atoms with Crippen molar-refractivity contribution in [3.8, 4) is 22.9 Å². The second-order valence-electron chi connectivity index (χ2n) is 8.93. The molecule has 4 rings (SSSR count). The van der Waals surface area contributed by atoms with E-state index in [-0.39, 0.29) is 11.9 Å². The van der Waals surface area contributed by atoms with Gasteiger partial charge in [-0.15, -0.1) is 5.10 Å². The van der Waals surface area contributed by atoms with Crippen molar-refractivity contribution in [1.29, 1.82) is 0 Å². The number of hydrogen-bond acceptors (Lipinski definition) is 5. The van der Waals surface area contributed by atoms with Crippen LogP contribution in [0, 0.1) is 12.7 Å². The van der Waals surface area contributed by atoms with Gasteiger partial charge in [-0.1, -0.05) is 19.6 Å². The van der Waals surface area contributed by atoms with Gasteiger partial charge in [0.1, 0.15) is 11.9 Å². The minimum atomic E-state index is -0.318. The average Bonchev–Trinajstić information content (AvgIpc) is 3.35. The van der Waals surface area contributed by atoms with E-state index in [1.165, 1.54) is 0 Å². The predicted molar refractivity (Wildman–Crippen MR) is 137 cm³/mol. The highest BCUT2D eigenvalue weighted by Crippen LogP contribution is 2.36. The van der Waals surface area contributed by atoms with Gasteiger partial charge in [-0.05, 0) is 62.2 Å². The summed E-state index contributed by atoms with van der Waals surface area (Å²) in [6.45, 7) is 15.3. The second-order valence-corrected chi connectivity index (χ2v) is 8.93. The summed E-state index contributed by atoms with van der Waals surface area (Å²) in [7, 11) is 3.44. The number of halogens is 1. The first-order chi connectivity index (χ1) is 16.8. The van der Waals surface area contributed by atoms with Gasteiger partial charge in [-0.3, -0.25) is 9.58 Å². The normalized spacial score (nSPS) is 17.7. The number of ether oxygens (including phenoxy) is 2.